The number of nitrogens with two attached hydrogens (primary N) is 1. The van der Waals surface area contributed by atoms with Crippen LogP contribution in [0.4, 0.5) is 27.6 Å². The lowest BCUT2D eigenvalue weighted by Gasteiger charge is -2.13. The van der Waals surface area contributed by atoms with E-state index in [1.54, 1.807) is 0 Å². The van der Waals surface area contributed by atoms with E-state index >= 15 is 0 Å². The molecule has 16 heavy (non-hydrogen) atoms. The van der Waals surface area contributed by atoms with Crippen LogP contribution in [-0.2, 0) is 12.1 Å². The van der Waals surface area contributed by atoms with Gasteiger partial charge in [0.2, 0.25) is 0 Å². The van der Waals surface area contributed by atoms with Gasteiger partial charge < -0.3 is 5.73 Å². The van der Waals surface area contributed by atoms with Gasteiger partial charge in [0.05, 0.1) is 17.3 Å². The standard InChI is InChI=1S/C8H6ClF5N2/c9-2-3-1-4(7(10)11)5(15)6(16-3)8(12,13)14/h1,7H,2,15H2. The van der Waals surface area contributed by atoms with Crippen molar-refractivity contribution >= 4 is 17.3 Å². The number of alkyl halides is 6. The van der Waals surface area contributed by atoms with Crippen LogP contribution in [0.5, 0.6) is 0 Å². The number of anilines is 1. The van der Waals surface area contributed by atoms with Gasteiger partial charge in [0.25, 0.3) is 6.43 Å². The SMILES string of the molecule is Nc1c(C(F)F)cc(CCl)nc1C(F)(F)F. The Balaban J connectivity index is 3.44. The number of pyridine rings is 1. The number of hydrogen-bond donors (Lipinski definition) is 1. The van der Waals surface area contributed by atoms with Gasteiger partial charge in [-0.3, -0.25) is 0 Å². The highest BCUT2D eigenvalue weighted by Gasteiger charge is 2.37. The number of rotatable bonds is 2. The van der Waals surface area contributed by atoms with E-state index in [0.29, 0.717) is 0 Å². The first-order valence-electron chi connectivity index (χ1n) is 3.98. The molecule has 0 unspecified atom stereocenters. The van der Waals surface area contributed by atoms with Gasteiger partial charge in [-0.05, 0) is 6.07 Å². The number of nitrogen functional groups attached to an aromatic ring is 1. The van der Waals surface area contributed by atoms with Gasteiger partial charge in [0.1, 0.15) is 0 Å². The molecule has 1 heterocycles. The Morgan fingerprint density at radius 2 is 1.94 bits per heavy atom. The molecule has 0 radical (unpaired) electrons. The van der Waals surface area contributed by atoms with Crippen LogP contribution < -0.4 is 5.73 Å². The van der Waals surface area contributed by atoms with Gasteiger partial charge in [-0.2, -0.15) is 13.2 Å². The summed E-state index contributed by atoms with van der Waals surface area (Å²) in [7, 11) is 0. The lowest BCUT2D eigenvalue weighted by molar-refractivity contribution is -0.140. The van der Waals surface area contributed by atoms with Crippen LogP contribution in [0.25, 0.3) is 0 Å². The van der Waals surface area contributed by atoms with Crippen molar-refractivity contribution in [2.24, 2.45) is 0 Å². The van der Waals surface area contributed by atoms with E-state index < -0.39 is 35.4 Å². The van der Waals surface area contributed by atoms with Crippen molar-refractivity contribution in [2.75, 3.05) is 5.73 Å². The molecule has 90 valence electrons. The molecule has 8 heteroatoms. The van der Waals surface area contributed by atoms with Crippen molar-refractivity contribution in [3.05, 3.63) is 23.0 Å². The summed E-state index contributed by atoms with van der Waals surface area (Å²) in [6.45, 7) is 0. The molecule has 0 aliphatic carbocycles. The summed E-state index contributed by atoms with van der Waals surface area (Å²) < 4.78 is 61.9. The van der Waals surface area contributed by atoms with E-state index in [0.717, 1.165) is 6.07 Å². The van der Waals surface area contributed by atoms with E-state index in [-0.39, 0.29) is 5.69 Å². The molecular weight excluding hydrogens is 255 g/mol. The Labute approximate surface area is 92.2 Å². The van der Waals surface area contributed by atoms with Crippen LogP contribution in [0.15, 0.2) is 6.07 Å². The molecule has 0 spiro atoms. The van der Waals surface area contributed by atoms with Gasteiger partial charge in [0.15, 0.2) is 5.69 Å². The summed E-state index contributed by atoms with van der Waals surface area (Å²) in [5.74, 6) is -0.400. The van der Waals surface area contributed by atoms with Crippen LogP contribution in [-0.4, -0.2) is 4.98 Å². The summed E-state index contributed by atoms with van der Waals surface area (Å²) in [6, 6.07) is 0.766. The van der Waals surface area contributed by atoms with Gasteiger partial charge >= 0.3 is 6.18 Å². The van der Waals surface area contributed by atoms with Crippen molar-refractivity contribution in [1.82, 2.24) is 4.98 Å². The third-order valence-corrected chi connectivity index (χ3v) is 2.06. The van der Waals surface area contributed by atoms with Gasteiger partial charge in [0, 0.05) is 5.56 Å². The molecule has 1 aromatic rings. The van der Waals surface area contributed by atoms with Crippen molar-refractivity contribution in [3.63, 3.8) is 0 Å². The molecule has 0 atom stereocenters. The zero-order valence-corrected chi connectivity index (χ0v) is 8.41. The monoisotopic (exact) mass is 260 g/mol. The molecule has 2 N–H and O–H groups in total. The van der Waals surface area contributed by atoms with E-state index in [1.807, 2.05) is 0 Å². The number of halogens is 6. The third-order valence-electron chi connectivity index (χ3n) is 1.78. The third kappa shape index (κ3) is 2.52. The Morgan fingerprint density at radius 3 is 2.31 bits per heavy atom. The predicted molar refractivity (Wildman–Crippen MR) is 48.2 cm³/mol. The number of nitrogens with zero attached hydrogens (tertiary/aromatic N) is 1. The Kier molecular flexibility index (Phi) is 3.57. The first-order valence-corrected chi connectivity index (χ1v) is 4.51. The minimum atomic E-state index is -4.88. The summed E-state index contributed by atoms with van der Waals surface area (Å²) in [6.07, 6.45) is -7.98. The molecule has 0 aliphatic heterocycles. The molecule has 1 rings (SSSR count). The molecule has 2 nitrogen and oxygen atoms in total. The van der Waals surface area contributed by atoms with E-state index in [1.165, 1.54) is 0 Å². The van der Waals surface area contributed by atoms with Crippen molar-refractivity contribution in [1.29, 1.82) is 0 Å². The number of aromatic nitrogens is 1. The molecule has 0 amide bonds. The maximum Gasteiger partial charge on any atom is 0.435 e. The quantitative estimate of drug-likeness (QED) is 0.654. The van der Waals surface area contributed by atoms with Crippen molar-refractivity contribution < 1.29 is 22.0 Å². The van der Waals surface area contributed by atoms with Crippen LogP contribution in [0, 0.1) is 0 Å². The van der Waals surface area contributed by atoms with Gasteiger partial charge in [-0.1, -0.05) is 0 Å². The predicted octanol–water partition coefficient (Wildman–Crippen LogP) is 3.36. The molecule has 1 aromatic heterocycles. The lowest BCUT2D eigenvalue weighted by Crippen LogP contribution is -2.15. The molecule has 0 aliphatic rings. The van der Waals surface area contributed by atoms with Crippen molar-refractivity contribution in [3.8, 4) is 0 Å². The Morgan fingerprint density at radius 1 is 1.38 bits per heavy atom. The fourth-order valence-corrected chi connectivity index (χ4v) is 1.23. The molecule has 0 saturated heterocycles. The normalized spacial score (nSPS) is 12.2. The largest absolute Gasteiger partial charge is 0.435 e. The Hall–Kier alpha value is -1.11. The smallest absolute Gasteiger partial charge is 0.397 e. The average Bonchev–Trinajstić information content (AvgIpc) is 2.15. The zero-order chi connectivity index (χ0) is 12.5. The first kappa shape index (κ1) is 13.0. The molecule has 0 aromatic carbocycles. The summed E-state index contributed by atoms with van der Waals surface area (Å²) in [4.78, 5) is 3.09. The van der Waals surface area contributed by atoms with E-state index in [2.05, 4.69) is 4.98 Å². The Bertz CT molecular complexity index is 391. The van der Waals surface area contributed by atoms with Gasteiger partial charge in [-0.25, -0.2) is 13.8 Å². The molecule has 0 bridgehead atoms. The molecule has 0 fully saturated rings. The topological polar surface area (TPSA) is 38.9 Å². The second-order valence-corrected chi connectivity index (χ2v) is 3.16. The second-order valence-electron chi connectivity index (χ2n) is 2.90. The van der Waals surface area contributed by atoms with Crippen LogP contribution in [0.3, 0.4) is 0 Å². The van der Waals surface area contributed by atoms with Crippen LogP contribution >= 0.6 is 11.6 Å². The van der Waals surface area contributed by atoms with E-state index in [4.69, 9.17) is 17.3 Å². The van der Waals surface area contributed by atoms with Crippen molar-refractivity contribution in [2.45, 2.75) is 18.5 Å². The highest BCUT2D eigenvalue weighted by molar-refractivity contribution is 6.16. The highest BCUT2D eigenvalue weighted by Crippen LogP contribution is 2.37. The number of hydrogen-bond acceptors (Lipinski definition) is 2. The van der Waals surface area contributed by atoms with Gasteiger partial charge in [-0.15, -0.1) is 11.6 Å². The molecule has 0 saturated carbocycles. The second kappa shape index (κ2) is 4.40. The minimum Gasteiger partial charge on any atom is -0.397 e. The van der Waals surface area contributed by atoms with E-state index in [9.17, 15) is 22.0 Å². The molecular formula is C8H6ClF5N2. The lowest BCUT2D eigenvalue weighted by atomic mass is 10.1. The van der Waals surface area contributed by atoms with Crippen LogP contribution in [0.2, 0.25) is 0 Å². The fourth-order valence-electron chi connectivity index (χ4n) is 1.10. The maximum atomic E-state index is 12.4. The summed E-state index contributed by atoms with van der Waals surface area (Å²) in [5.41, 5.74) is 1.20. The summed E-state index contributed by atoms with van der Waals surface area (Å²) >= 11 is 5.26. The minimum absolute atomic E-state index is 0.293. The average molecular weight is 261 g/mol. The highest BCUT2D eigenvalue weighted by atomic mass is 35.5. The maximum absolute atomic E-state index is 12.4. The first-order chi connectivity index (χ1) is 7.27. The van der Waals surface area contributed by atoms with Crippen LogP contribution in [0.1, 0.15) is 23.4 Å². The zero-order valence-electron chi connectivity index (χ0n) is 7.65. The fraction of sp³-hybridized carbons (Fsp3) is 0.375. The summed E-state index contributed by atoms with van der Waals surface area (Å²) in [5, 5.41) is 0.